The molecule has 0 N–H and O–H groups in total. The van der Waals surface area contributed by atoms with Crippen LogP contribution in [0.4, 0.5) is 4.79 Å². The monoisotopic (exact) mass is 381 g/mol. The number of carbonyl (C=O) groups is 4. The number of nitrogens with zero attached hydrogens (tertiary/aromatic N) is 1. The van der Waals surface area contributed by atoms with Gasteiger partial charge in [-0.2, -0.15) is 0 Å². The fraction of sp³-hybridized carbons (Fsp3) is 0.455. The third-order valence-electron chi connectivity index (χ3n) is 6.25. The van der Waals surface area contributed by atoms with Gasteiger partial charge in [0, 0.05) is 18.3 Å². The van der Waals surface area contributed by atoms with E-state index in [1.165, 1.54) is 0 Å². The minimum absolute atomic E-state index is 0.0405. The molecule has 2 aliphatic carbocycles. The summed E-state index contributed by atoms with van der Waals surface area (Å²) in [5, 5.41) is 0. The Morgan fingerprint density at radius 1 is 1.14 bits per heavy atom. The van der Waals surface area contributed by atoms with Crippen molar-refractivity contribution >= 4 is 23.6 Å². The summed E-state index contributed by atoms with van der Waals surface area (Å²) in [7, 11) is 0. The number of rotatable bonds is 3. The van der Waals surface area contributed by atoms with Gasteiger partial charge in [0.05, 0.1) is 11.6 Å². The lowest BCUT2D eigenvalue weighted by Crippen LogP contribution is -2.46. The summed E-state index contributed by atoms with van der Waals surface area (Å²) in [5.74, 6) is -0.800. The highest BCUT2D eigenvalue weighted by atomic mass is 16.6. The molecule has 146 valence electrons. The van der Waals surface area contributed by atoms with Crippen LogP contribution in [0.3, 0.4) is 0 Å². The average Bonchev–Trinajstić information content (AvgIpc) is 3.04. The highest BCUT2D eigenvalue weighted by molar-refractivity contribution is 6.24. The maximum absolute atomic E-state index is 13.4. The first kappa shape index (κ1) is 18.6. The van der Waals surface area contributed by atoms with Crippen molar-refractivity contribution in [2.75, 3.05) is 6.61 Å². The minimum atomic E-state index is -0.768. The Hall–Kier alpha value is -2.76. The molecule has 0 radical (unpaired) electrons. The van der Waals surface area contributed by atoms with Crippen molar-refractivity contribution in [1.29, 1.82) is 0 Å². The first-order valence-corrected chi connectivity index (χ1v) is 9.76. The SMILES string of the molecule is C[C@]12CCC(=O)C(C(=O)N3C(=O)OC[C@@H]3Cc3ccccc3)=C1CCCC2=O. The maximum Gasteiger partial charge on any atom is 0.417 e. The maximum atomic E-state index is 13.4. The standard InChI is InChI=1S/C22H23NO5/c1-22-11-10-17(24)19(16(22)8-5-9-18(22)25)20(26)23-15(13-28-21(23)27)12-14-6-3-2-4-7-14/h2-4,6-7,15H,5,8-13H2,1H3/t15-,22-/m0/s1. The molecule has 4 rings (SSSR count). The van der Waals surface area contributed by atoms with Crippen LogP contribution in [0.1, 0.15) is 44.6 Å². The molecule has 1 aromatic carbocycles. The van der Waals surface area contributed by atoms with Gasteiger partial charge < -0.3 is 4.74 Å². The topological polar surface area (TPSA) is 80.8 Å². The lowest BCUT2D eigenvalue weighted by atomic mass is 9.63. The van der Waals surface area contributed by atoms with Crippen LogP contribution in [0, 0.1) is 5.41 Å². The van der Waals surface area contributed by atoms with E-state index in [2.05, 4.69) is 0 Å². The average molecular weight is 381 g/mol. The molecule has 3 aliphatic rings. The van der Waals surface area contributed by atoms with Gasteiger partial charge in [-0.05, 0) is 43.7 Å². The Kier molecular flexibility index (Phi) is 4.65. The van der Waals surface area contributed by atoms with Gasteiger partial charge in [0.15, 0.2) is 5.78 Å². The molecule has 6 nitrogen and oxygen atoms in total. The number of Topliss-reactive ketones (excluding diaryl/α,β-unsaturated/α-hetero) is 2. The summed E-state index contributed by atoms with van der Waals surface area (Å²) < 4.78 is 5.15. The molecular formula is C22H23NO5. The van der Waals surface area contributed by atoms with E-state index in [1.54, 1.807) is 0 Å². The number of fused-ring (bicyclic) bond motifs is 1. The molecule has 0 aromatic heterocycles. The zero-order chi connectivity index (χ0) is 19.9. The number of ketones is 2. The van der Waals surface area contributed by atoms with Gasteiger partial charge in [0.2, 0.25) is 0 Å². The molecule has 1 saturated carbocycles. The molecule has 1 aliphatic heterocycles. The van der Waals surface area contributed by atoms with Crippen molar-refractivity contribution in [3.63, 3.8) is 0 Å². The highest BCUT2D eigenvalue weighted by Gasteiger charge is 2.49. The van der Waals surface area contributed by atoms with Crippen LogP contribution in [-0.2, 0) is 25.5 Å². The molecule has 0 spiro atoms. The Balaban J connectivity index is 1.69. The van der Waals surface area contributed by atoms with Gasteiger partial charge in [0.1, 0.15) is 12.4 Å². The zero-order valence-corrected chi connectivity index (χ0v) is 15.9. The number of carbonyl (C=O) groups excluding carboxylic acids is 4. The summed E-state index contributed by atoms with van der Waals surface area (Å²) in [5.41, 5.74) is 0.867. The van der Waals surface area contributed by atoms with E-state index in [0.717, 1.165) is 10.5 Å². The van der Waals surface area contributed by atoms with Crippen molar-refractivity contribution in [2.24, 2.45) is 5.41 Å². The Bertz CT molecular complexity index is 887. The predicted molar refractivity (Wildman–Crippen MR) is 100 cm³/mol. The summed E-state index contributed by atoms with van der Waals surface area (Å²) in [4.78, 5) is 52.0. The fourth-order valence-electron chi connectivity index (χ4n) is 4.61. The molecule has 1 saturated heterocycles. The molecule has 0 unspecified atom stereocenters. The van der Waals surface area contributed by atoms with Crippen LogP contribution in [0.2, 0.25) is 0 Å². The van der Waals surface area contributed by atoms with E-state index >= 15 is 0 Å². The fourth-order valence-corrected chi connectivity index (χ4v) is 4.61. The lowest BCUT2D eigenvalue weighted by molar-refractivity contribution is -0.131. The van der Waals surface area contributed by atoms with Crippen LogP contribution in [0.25, 0.3) is 0 Å². The second kappa shape index (κ2) is 7.00. The normalized spacial score (nSPS) is 27.7. The van der Waals surface area contributed by atoms with Gasteiger partial charge in [0.25, 0.3) is 5.91 Å². The summed E-state index contributed by atoms with van der Waals surface area (Å²) in [6.45, 7) is 1.93. The zero-order valence-electron chi connectivity index (χ0n) is 15.9. The number of benzene rings is 1. The summed E-state index contributed by atoms with van der Waals surface area (Å²) in [6, 6.07) is 9.08. The van der Waals surface area contributed by atoms with Crippen LogP contribution in [-0.4, -0.2) is 41.1 Å². The highest BCUT2D eigenvalue weighted by Crippen LogP contribution is 2.47. The number of amides is 2. The quantitative estimate of drug-likeness (QED) is 0.752. The number of ether oxygens (including phenoxy) is 1. The lowest BCUT2D eigenvalue weighted by Gasteiger charge is -2.39. The Morgan fingerprint density at radius 3 is 2.64 bits per heavy atom. The number of cyclic esters (lactones) is 1. The molecule has 6 heteroatoms. The third-order valence-corrected chi connectivity index (χ3v) is 6.25. The van der Waals surface area contributed by atoms with E-state index in [9.17, 15) is 19.2 Å². The van der Waals surface area contributed by atoms with E-state index in [1.807, 2.05) is 37.3 Å². The molecular weight excluding hydrogens is 358 g/mol. The second-order valence-electron chi connectivity index (χ2n) is 7.98. The van der Waals surface area contributed by atoms with Gasteiger partial charge >= 0.3 is 6.09 Å². The molecule has 1 heterocycles. The van der Waals surface area contributed by atoms with E-state index in [-0.39, 0.29) is 30.2 Å². The van der Waals surface area contributed by atoms with Crippen molar-refractivity contribution in [1.82, 2.24) is 4.90 Å². The largest absolute Gasteiger partial charge is 0.447 e. The van der Waals surface area contributed by atoms with Gasteiger partial charge in [-0.1, -0.05) is 30.3 Å². The third kappa shape index (κ3) is 2.97. The van der Waals surface area contributed by atoms with Gasteiger partial charge in [-0.25, -0.2) is 9.69 Å². The van der Waals surface area contributed by atoms with Crippen molar-refractivity contribution in [3.8, 4) is 0 Å². The first-order valence-electron chi connectivity index (χ1n) is 9.76. The van der Waals surface area contributed by atoms with Crippen molar-refractivity contribution in [2.45, 2.75) is 51.5 Å². The Morgan fingerprint density at radius 2 is 1.89 bits per heavy atom. The number of allylic oxidation sites excluding steroid dienone is 1. The first-order chi connectivity index (χ1) is 13.4. The number of imide groups is 1. The molecule has 28 heavy (non-hydrogen) atoms. The smallest absolute Gasteiger partial charge is 0.417 e. The van der Waals surface area contributed by atoms with Gasteiger partial charge in [-0.3, -0.25) is 14.4 Å². The summed E-state index contributed by atoms with van der Waals surface area (Å²) >= 11 is 0. The van der Waals surface area contributed by atoms with Crippen molar-refractivity contribution in [3.05, 3.63) is 47.0 Å². The van der Waals surface area contributed by atoms with Crippen LogP contribution in [0.5, 0.6) is 0 Å². The number of hydrogen-bond acceptors (Lipinski definition) is 5. The van der Waals surface area contributed by atoms with Crippen molar-refractivity contribution < 1.29 is 23.9 Å². The van der Waals surface area contributed by atoms with E-state index in [4.69, 9.17) is 4.74 Å². The molecule has 2 amide bonds. The number of hydrogen-bond donors (Lipinski definition) is 0. The van der Waals surface area contributed by atoms with Crippen LogP contribution in [0.15, 0.2) is 41.5 Å². The van der Waals surface area contributed by atoms with Gasteiger partial charge in [-0.15, -0.1) is 0 Å². The van der Waals surface area contributed by atoms with E-state index < -0.39 is 23.5 Å². The van der Waals surface area contributed by atoms with Crippen LogP contribution >= 0.6 is 0 Å². The van der Waals surface area contributed by atoms with Crippen LogP contribution < -0.4 is 0 Å². The Labute approximate surface area is 163 Å². The molecule has 1 aromatic rings. The van der Waals surface area contributed by atoms with E-state index in [0.29, 0.717) is 37.7 Å². The molecule has 2 fully saturated rings. The molecule has 2 atom stereocenters. The second-order valence-corrected chi connectivity index (χ2v) is 7.98. The summed E-state index contributed by atoms with van der Waals surface area (Å²) in [6.07, 6.45) is 1.98. The minimum Gasteiger partial charge on any atom is -0.447 e. The predicted octanol–water partition coefficient (Wildman–Crippen LogP) is 3.00. The molecule has 0 bridgehead atoms.